The zero-order valence-corrected chi connectivity index (χ0v) is 19.3. The fraction of sp³-hybridized carbons (Fsp3) is 0.423. The first-order valence-electron chi connectivity index (χ1n) is 11.6. The van der Waals surface area contributed by atoms with Crippen LogP contribution in [0, 0.1) is 5.92 Å². The van der Waals surface area contributed by atoms with Crippen molar-refractivity contribution < 1.29 is 29.3 Å². The summed E-state index contributed by atoms with van der Waals surface area (Å²) in [5, 5.41) is 22.0. The number of benzene rings is 2. The van der Waals surface area contributed by atoms with E-state index in [0.717, 1.165) is 27.2 Å². The first-order valence-corrected chi connectivity index (χ1v) is 11.6. The number of rotatable bonds is 7. The van der Waals surface area contributed by atoms with Crippen LogP contribution in [-0.4, -0.2) is 64.4 Å². The number of β-amino-alcohol motifs (C(OH)–C–C–N with tert-alkyl or cyclic N) is 1. The van der Waals surface area contributed by atoms with Gasteiger partial charge in [0.2, 0.25) is 5.91 Å². The summed E-state index contributed by atoms with van der Waals surface area (Å²) < 4.78 is 5.59. The molecule has 0 spiro atoms. The molecular formula is C26H30N2O6. The molecule has 8 heteroatoms. The predicted octanol–water partition coefficient (Wildman–Crippen LogP) is 2.99. The first-order chi connectivity index (χ1) is 16.3. The topological polar surface area (TPSA) is 116 Å². The van der Waals surface area contributed by atoms with Crippen molar-refractivity contribution in [3.8, 4) is 11.1 Å². The molecule has 0 radical (unpaired) electrons. The van der Waals surface area contributed by atoms with Gasteiger partial charge in [-0.2, -0.15) is 0 Å². The lowest BCUT2D eigenvalue weighted by molar-refractivity contribution is -0.149. The Morgan fingerprint density at radius 1 is 1.09 bits per heavy atom. The van der Waals surface area contributed by atoms with Gasteiger partial charge in [-0.05, 0) is 28.2 Å². The van der Waals surface area contributed by atoms with Crippen LogP contribution in [0.5, 0.6) is 0 Å². The Hall–Kier alpha value is -3.39. The number of nitrogens with one attached hydrogen (secondary N) is 1. The number of aliphatic hydroxyl groups is 1. The number of fused-ring (bicyclic) bond motifs is 3. The minimum absolute atomic E-state index is 0.0285. The van der Waals surface area contributed by atoms with Gasteiger partial charge in [-0.15, -0.1) is 0 Å². The van der Waals surface area contributed by atoms with Crippen molar-refractivity contribution in [2.75, 3.05) is 13.2 Å². The second-order valence-corrected chi connectivity index (χ2v) is 9.07. The van der Waals surface area contributed by atoms with E-state index in [9.17, 15) is 24.6 Å². The number of aliphatic carboxylic acids is 1. The maximum atomic E-state index is 13.2. The standard InChI is InChI=1S/C26H30N2O6/c1-3-15(2)23(24(30)28-13-16(29)12-22(28)25(31)32)27-26(33)34-14-21-19-10-6-4-8-17(19)18-9-5-7-11-20(18)21/h4-11,15-16,21-23,29H,3,12-14H2,1-2H3,(H,27,33)(H,31,32)/t15-,16+,22-,23-/m0/s1. The first kappa shape index (κ1) is 23.8. The zero-order valence-electron chi connectivity index (χ0n) is 19.3. The average Bonchev–Trinajstić information content (AvgIpc) is 3.38. The van der Waals surface area contributed by atoms with E-state index in [0.29, 0.717) is 6.42 Å². The summed E-state index contributed by atoms with van der Waals surface area (Å²) in [6.45, 7) is 3.74. The van der Waals surface area contributed by atoms with Crippen molar-refractivity contribution in [1.82, 2.24) is 10.2 Å². The molecule has 2 aromatic rings. The van der Waals surface area contributed by atoms with Crippen LogP contribution < -0.4 is 5.32 Å². The van der Waals surface area contributed by atoms with E-state index < -0.39 is 36.2 Å². The molecule has 0 saturated carbocycles. The second-order valence-electron chi connectivity index (χ2n) is 9.07. The van der Waals surface area contributed by atoms with Gasteiger partial charge in [0, 0.05) is 18.9 Å². The molecule has 2 amide bonds. The molecular weight excluding hydrogens is 436 g/mol. The Labute approximate surface area is 198 Å². The van der Waals surface area contributed by atoms with E-state index in [1.807, 2.05) is 50.2 Å². The van der Waals surface area contributed by atoms with Crippen molar-refractivity contribution in [1.29, 1.82) is 0 Å². The summed E-state index contributed by atoms with van der Waals surface area (Å²) >= 11 is 0. The zero-order chi connectivity index (χ0) is 24.4. The highest BCUT2D eigenvalue weighted by atomic mass is 16.5. The Morgan fingerprint density at radius 3 is 2.24 bits per heavy atom. The number of alkyl carbamates (subject to hydrolysis) is 1. The summed E-state index contributed by atoms with van der Waals surface area (Å²) in [5.74, 6) is -2.05. The lowest BCUT2D eigenvalue weighted by Crippen LogP contribution is -2.54. The second kappa shape index (κ2) is 9.85. The summed E-state index contributed by atoms with van der Waals surface area (Å²) in [7, 11) is 0. The van der Waals surface area contributed by atoms with Crippen LogP contribution in [0.4, 0.5) is 4.79 Å². The molecule has 2 aliphatic rings. The third-order valence-electron chi connectivity index (χ3n) is 6.94. The predicted molar refractivity (Wildman–Crippen MR) is 125 cm³/mol. The Balaban J connectivity index is 1.46. The molecule has 4 rings (SSSR count). The molecule has 0 unspecified atom stereocenters. The minimum Gasteiger partial charge on any atom is -0.480 e. The number of carboxylic acid groups (broad SMARTS) is 1. The van der Waals surface area contributed by atoms with E-state index >= 15 is 0 Å². The molecule has 1 fully saturated rings. The maximum Gasteiger partial charge on any atom is 0.407 e. The van der Waals surface area contributed by atoms with Gasteiger partial charge in [-0.3, -0.25) is 4.79 Å². The van der Waals surface area contributed by atoms with Crippen LogP contribution >= 0.6 is 0 Å². The van der Waals surface area contributed by atoms with E-state index in [1.165, 1.54) is 0 Å². The monoisotopic (exact) mass is 466 g/mol. The summed E-state index contributed by atoms with van der Waals surface area (Å²) in [5.41, 5.74) is 4.40. The SMILES string of the molecule is CC[C@H](C)[C@H](NC(=O)OCC1c2ccccc2-c2ccccc21)C(=O)N1C[C@H](O)C[C@H]1C(=O)O. The van der Waals surface area contributed by atoms with E-state index in [2.05, 4.69) is 17.4 Å². The number of aliphatic hydroxyl groups excluding tert-OH is 1. The fourth-order valence-electron chi connectivity index (χ4n) is 4.92. The quantitative estimate of drug-likeness (QED) is 0.578. The van der Waals surface area contributed by atoms with Gasteiger partial charge in [0.15, 0.2) is 0 Å². The van der Waals surface area contributed by atoms with E-state index in [4.69, 9.17) is 4.74 Å². The highest BCUT2D eigenvalue weighted by Gasteiger charge is 2.42. The van der Waals surface area contributed by atoms with Crippen LogP contribution in [-0.2, 0) is 14.3 Å². The van der Waals surface area contributed by atoms with Crippen molar-refractivity contribution in [3.05, 3.63) is 59.7 Å². The van der Waals surface area contributed by atoms with Crippen LogP contribution in [0.2, 0.25) is 0 Å². The van der Waals surface area contributed by atoms with E-state index in [1.54, 1.807) is 0 Å². The van der Waals surface area contributed by atoms with Gasteiger partial charge in [-0.1, -0.05) is 68.8 Å². The number of nitrogens with zero attached hydrogens (tertiary/aromatic N) is 1. The molecule has 3 N–H and O–H groups in total. The number of carboxylic acids is 1. The van der Waals surface area contributed by atoms with Crippen molar-refractivity contribution in [3.63, 3.8) is 0 Å². The molecule has 1 saturated heterocycles. The Bertz CT molecular complexity index is 1040. The number of amides is 2. The van der Waals surface area contributed by atoms with E-state index in [-0.39, 0.29) is 31.4 Å². The normalized spacial score (nSPS) is 20.9. The van der Waals surface area contributed by atoms with Gasteiger partial charge in [0.05, 0.1) is 6.10 Å². The molecule has 0 aromatic heterocycles. The molecule has 180 valence electrons. The molecule has 34 heavy (non-hydrogen) atoms. The number of hydrogen-bond acceptors (Lipinski definition) is 5. The van der Waals surface area contributed by atoms with Gasteiger partial charge >= 0.3 is 12.1 Å². The number of carbonyl (C=O) groups is 3. The van der Waals surface area contributed by atoms with Crippen LogP contribution in [0.3, 0.4) is 0 Å². The Morgan fingerprint density at radius 2 is 1.68 bits per heavy atom. The number of likely N-dealkylation sites (tertiary alicyclic amines) is 1. The fourth-order valence-corrected chi connectivity index (χ4v) is 4.92. The lowest BCUT2D eigenvalue weighted by atomic mass is 9.97. The number of ether oxygens (including phenoxy) is 1. The van der Waals surface area contributed by atoms with Crippen molar-refractivity contribution in [2.45, 2.75) is 50.8 Å². The minimum atomic E-state index is -1.17. The average molecular weight is 467 g/mol. The third-order valence-corrected chi connectivity index (χ3v) is 6.94. The third kappa shape index (κ3) is 4.50. The van der Waals surface area contributed by atoms with Crippen molar-refractivity contribution >= 4 is 18.0 Å². The molecule has 1 aliphatic heterocycles. The Kier molecular flexibility index (Phi) is 6.88. The van der Waals surface area contributed by atoms with Gasteiger partial charge in [-0.25, -0.2) is 9.59 Å². The smallest absolute Gasteiger partial charge is 0.407 e. The van der Waals surface area contributed by atoms with Gasteiger partial charge in [0.25, 0.3) is 0 Å². The highest BCUT2D eigenvalue weighted by molar-refractivity contribution is 5.90. The highest BCUT2D eigenvalue weighted by Crippen LogP contribution is 2.44. The lowest BCUT2D eigenvalue weighted by Gasteiger charge is -2.30. The molecule has 8 nitrogen and oxygen atoms in total. The number of hydrogen-bond donors (Lipinski definition) is 3. The van der Waals surface area contributed by atoms with Crippen LogP contribution in [0.1, 0.15) is 43.7 Å². The van der Waals surface area contributed by atoms with Gasteiger partial charge < -0.3 is 25.2 Å². The van der Waals surface area contributed by atoms with Crippen molar-refractivity contribution in [2.24, 2.45) is 5.92 Å². The molecule has 1 heterocycles. The van der Waals surface area contributed by atoms with Crippen LogP contribution in [0.25, 0.3) is 11.1 Å². The summed E-state index contributed by atoms with van der Waals surface area (Å²) in [4.78, 5) is 38.7. The summed E-state index contributed by atoms with van der Waals surface area (Å²) in [6.07, 6.45) is -1.07. The molecule has 0 bridgehead atoms. The van der Waals surface area contributed by atoms with Gasteiger partial charge in [0.1, 0.15) is 18.7 Å². The molecule has 2 aromatic carbocycles. The summed E-state index contributed by atoms with van der Waals surface area (Å²) in [6, 6.07) is 14.0. The number of carbonyl (C=O) groups excluding carboxylic acids is 2. The molecule has 4 atom stereocenters. The maximum absolute atomic E-state index is 13.2. The molecule has 1 aliphatic carbocycles. The van der Waals surface area contributed by atoms with Crippen LogP contribution in [0.15, 0.2) is 48.5 Å². The largest absolute Gasteiger partial charge is 0.480 e.